The lowest BCUT2D eigenvalue weighted by Crippen LogP contribution is -2.30. The Hall–Kier alpha value is -4.80. The molecule has 0 saturated carbocycles. The van der Waals surface area contributed by atoms with E-state index in [4.69, 9.17) is 37.0 Å². The first-order valence-electron chi connectivity index (χ1n) is 41.4. The van der Waals surface area contributed by atoms with Crippen LogP contribution in [0.1, 0.15) is 336 Å². The first-order valence-corrected chi connectivity index (χ1v) is 44.4. The van der Waals surface area contributed by atoms with E-state index in [1.807, 2.05) is 0 Å². The zero-order valence-corrected chi connectivity index (χ0v) is 68.4. The molecule has 0 aliphatic heterocycles. The van der Waals surface area contributed by atoms with E-state index < -0.39 is 97.5 Å². The molecule has 0 spiro atoms. The molecule has 0 saturated heterocycles. The fourth-order valence-corrected chi connectivity index (χ4v) is 12.5. The van der Waals surface area contributed by atoms with Crippen molar-refractivity contribution in [3.63, 3.8) is 0 Å². The first kappa shape index (κ1) is 101. The molecule has 0 bridgehead atoms. The minimum Gasteiger partial charge on any atom is -0.462 e. The molecule has 3 N–H and O–H groups in total. The molecule has 5 unspecified atom stereocenters. The van der Waals surface area contributed by atoms with Gasteiger partial charge in [0.1, 0.15) is 19.3 Å². The van der Waals surface area contributed by atoms with Crippen molar-refractivity contribution in [3.05, 3.63) is 134 Å². The van der Waals surface area contributed by atoms with Crippen LogP contribution in [0.3, 0.4) is 0 Å². The van der Waals surface area contributed by atoms with Crippen molar-refractivity contribution in [2.24, 2.45) is 0 Å². The van der Waals surface area contributed by atoms with Crippen molar-refractivity contribution in [2.75, 3.05) is 39.6 Å². The van der Waals surface area contributed by atoms with Crippen LogP contribution in [0.25, 0.3) is 0 Å². The SMILES string of the molecule is CC/C=C\C/C=C\C/C=C\CCCCCCCCCC(=O)OCC(COP(=O)(O)OCC(O)COP(=O)(O)OCC(COC(=O)CCCCCCCCC/C=C\C/C=C\C/C=C\CC)OC(=O)CCCCCCCCC/C=C\C/C=C\C/C=C\CC)OC(=O)CCCCCCC/C=C\C/C=C\CCCCC. The fourth-order valence-electron chi connectivity index (χ4n) is 10.9. The maximum absolute atomic E-state index is 13.1. The Bertz CT molecular complexity index is 2530. The van der Waals surface area contributed by atoms with Gasteiger partial charge in [-0.1, -0.05) is 290 Å². The molecule has 0 fully saturated rings. The Morgan fingerprint density at radius 1 is 0.274 bits per heavy atom. The Balaban J connectivity index is 5.40. The Kier molecular flexibility index (Phi) is 74.8. The zero-order chi connectivity index (χ0) is 77.4. The minimum atomic E-state index is -4.99. The summed E-state index contributed by atoms with van der Waals surface area (Å²) in [6.07, 6.45) is 88.4. The van der Waals surface area contributed by atoms with Crippen molar-refractivity contribution in [2.45, 2.75) is 354 Å². The summed E-state index contributed by atoms with van der Waals surface area (Å²) in [6.45, 7) is 4.51. The van der Waals surface area contributed by atoms with Crippen LogP contribution >= 0.6 is 15.6 Å². The van der Waals surface area contributed by atoms with Gasteiger partial charge in [-0.3, -0.25) is 37.3 Å². The number of carbonyl (C=O) groups is 4. The molecule has 0 aromatic rings. The maximum atomic E-state index is 13.1. The Morgan fingerprint density at radius 2 is 0.491 bits per heavy atom. The maximum Gasteiger partial charge on any atom is 0.472 e. The summed E-state index contributed by atoms with van der Waals surface area (Å²) in [5.41, 5.74) is 0. The summed E-state index contributed by atoms with van der Waals surface area (Å²) in [7, 11) is -9.98. The molecule has 0 rings (SSSR count). The number of ether oxygens (including phenoxy) is 4. The number of esters is 4. The summed E-state index contributed by atoms with van der Waals surface area (Å²) in [5, 5.41) is 10.7. The lowest BCUT2D eigenvalue weighted by Gasteiger charge is -2.21. The molecular weight excluding hydrogens is 1380 g/mol. The largest absolute Gasteiger partial charge is 0.472 e. The van der Waals surface area contributed by atoms with Crippen LogP contribution in [-0.4, -0.2) is 96.7 Å². The summed E-state index contributed by atoms with van der Waals surface area (Å²) in [6, 6.07) is 0. The van der Waals surface area contributed by atoms with Crippen LogP contribution in [-0.2, 0) is 65.4 Å². The van der Waals surface area contributed by atoms with Gasteiger partial charge in [0.15, 0.2) is 12.2 Å². The highest BCUT2D eigenvalue weighted by Crippen LogP contribution is 2.45. The highest BCUT2D eigenvalue weighted by atomic mass is 31.2. The molecule has 0 aromatic carbocycles. The van der Waals surface area contributed by atoms with Gasteiger partial charge >= 0.3 is 39.5 Å². The van der Waals surface area contributed by atoms with E-state index in [1.165, 1.54) is 19.3 Å². The number of carbonyl (C=O) groups excluding carboxylic acids is 4. The average Bonchev–Trinajstić information content (AvgIpc) is 0.901. The second-order valence-electron chi connectivity index (χ2n) is 27.3. The van der Waals surface area contributed by atoms with Gasteiger partial charge in [0, 0.05) is 25.7 Å². The third-order valence-electron chi connectivity index (χ3n) is 17.1. The molecule has 19 heteroatoms. The number of phosphoric ester groups is 2. The van der Waals surface area contributed by atoms with E-state index in [2.05, 4.69) is 161 Å². The van der Waals surface area contributed by atoms with Gasteiger partial charge in [-0.05, 0) is 154 Å². The van der Waals surface area contributed by atoms with Crippen LogP contribution < -0.4 is 0 Å². The monoisotopic (exact) mass is 1530 g/mol. The standard InChI is InChI=1S/C87H148O17P2/c1-5-9-13-17-21-25-29-33-37-40-44-47-51-55-59-63-67-71-84(89)97-77-82(103-86(91)73-69-65-61-57-53-49-43-36-32-28-24-20-16-12-8-4)79-101-105(93,94)99-75-81(88)76-100-106(95,96)102-80-83(104-87(92)74-70-66-62-58-54-50-46-42-39-35-31-27-23-19-15-11-7-3)78-98-85(90)72-68-64-60-56-52-48-45-41-38-34-30-26-22-18-14-10-6-2/h9-11,13-15,21-28,33-39,43,81-83,88H,5-8,12,16-20,29-32,40-42,44-80H2,1-4H3,(H,93,94)(H,95,96)/b13-9-,14-10-,15-11-,25-21-,26-22-,27-23-,28-24-,37-33-,38-34-,39-35-,43-36-. The molecule has 0 aliphatic carbocycles. The van der Waals surface area contributed by atoms with Crippen LogP contribution in [0, 0.1) is 0 Å². The Morgan fingerprint density at radius 3 is 0.755 bits per heavy atom. The molecule has 0 radical (unpaired) electrons. The number of aliphatic hydroxyl groups is 1. The molecular formula is C87H148O17P2. The van der Waals surface area contributed by atoms with Crippen molar-refractivity contribution < 1.29 is 80.2 Å². The number of unbranched alkanes of at least 4 members (excludes halogenated alkanes) is 29. The molecule has 5 atom stereocenters. The predicted molar refractivity (Wildman–Crippen MR) is 436 cm³/mol. The predicted octanol–water partition coefficient (Wildman–Crippen LogP) is 24.4. The second-order valence-corrected chi connectivity index (χ2v) is 30.2. The quantitative estimate of drug-likeness (QED) is 0.0169. The van der Waals surface area contributed by atoms with Gasteiger partial charge in [0.05, 0.1) is 26.4 Å². The number of hydrogen-bond acceptors (Lipinski definition) is 15. The number of phosphoric acid groups is 2. The normalized spacial score (nSPS) is 14.5. The Labute approximate surface area is 644 Å². The van der Waals surface area contributed by atoms with E-state index in [1.54, 1.807) is 0 Å². The number of allylic oxidation sites excluding steroid dienone is 22. The molecule has 0 aromatic heterocycles. The lowest BCUT2D eigenvalue weighted by atomic mass is 10.1. The lowest BCUT2D eigenvalue weighted by molar-refractivity contribution is -0.161. The number of aliphatic hydroxyl groups excluding tert-OH is 1. The van der Waals surface area contributed by atoms with Gasteiger partial charge in [0.25, 0.3) is 0 Å². The van der Waals surface area contributed by atoms with Gasteiger partial charge in [-0.15, -0.1) is 0 Å². The van der Waals surface area contributed by atoms with Crippen molar-refractivity contribution >= 4 is 39.5 Å². The summed E-state index contributed by atoms with van der Waals surface area (Å²) >= 11 is 0. The van der Waals surface area contributed by atoms with Gasteiger partial charge in [-0.25, -0.2) is 9.13 Å². The minimum absolute atomic E-state index is 0.0745. The van der Waals surface area contributed by atoms with Gasteiger partial charge in [0.2, 0.25) is 0 Å². The van der Waals surface area contributed by atoms with Crippen molar-refractivity contribution in [3.8, 4) is 0 Å². The molecule has 0 aliphatic rings. The third-order valence-corrected chi connectivity index (χ3v) is 19.0. The summed E-state index contributed by atoms with van der Waals surface area (Å²) in [5.74, 6) is -2.21. The smallest absolute Gasteiger partial charge is 0.462 e. The zero-order valence-electron chi connectivity index (χ0n) is 66.6. The topological polar surface area (TPSA) is 237 Å². The second kappa shape index (κ2) is 78.3. The highest BCUT2D eigenvalue weighted by molar-refractivity contribution is 7.47. The molecule has 17 nitrogen and oxygen atoms in total. The number of hydrogen-bond donors (Lipinski definition) is 3. The molecule has 0 heterocycles. The van der Waals surface area contributed by atoms with Crippen LogP contribution in [0.2, 0.25) is 0 Å². The first-order chi connectivity index (χ1) is 51.7. The van der Waals surface area contributed by atoms with E-state index in [0.29, 0.717) is 25.7 Å². The van der Waals surface area contributed by atoms with E-state index in [0.717, 1.165) is 238 Å². The molecule has 608 valence electrons. The number of rotatable bonds is 77. The summed E-state index contributed by atoms with van der Waals surface area (Å²) in [4.78, 5) is 73.2. The van der Waals surface area contributed by atoms with E-state index in [9.17, 15) is 43.2 Å². The van der Waals surface area contributed by atoms with Crippen molar-refractivity contribution in [1.29, 1.82) is 0 Å². The van der Waals surface area contributed by atoms with E-state index >= 15 is 0 Å². The summed E-state index contributed by atoms with van der Waals surface area (Å²) < 4.78 is 68.7. The average molecular weight is 1530 g/mol. The van der Waals surface area contributed by atoms with Crippen LogP contribution in [0.4, 0.5) is 0 Å². The van der Waals surface area contributed by atoms with Crippen LogP contribution in [0.5, 0.6) is 0 Å². The van der Waals surface area contributed by atoms with Gasteiger partial charge in [-0.2, -0.15) is 0 Å². The van der Waals surface area contributed by atoms with E-state index in [-0.39, 0.29) is 25.7 Å². The van der Waals surface area contributed by atoms with Crippen molar-refractivity contribution in [1.82, 2.24) is 0 Å². The third kappa shape index (κ3) is 77.4. The molecule has 0 amide bonds. The highest BCUT2D eigenvalue weighted by Gasteiger charge is 2.30. The van der Waals surface area contributed by atoms with Crippen LogP contribution in [0.15, 0.2) is 134 Å². The molecule has 106 heavy (non-hydrogen) atoms. The van der Waals surface area contributed by atoms with Gasteiger partial charge < -0.3 is 33.8 Å². The fraction of sp³-hybridized carbons (Fsp3) is 0.701.